The van der Waals surface area contributed by atoms with Gasteiger partial charge in [-0.25, -0.2) is 14.4 Å². The molecule has 0 aliphatic carbocycles. The molecular formula is C32H51FN2O. The van der Waals surface area contributed by atoms with Crippen molar-refractivity contribution < 1.29 is 9.13 Å². The fraction of sp³-hybridized carbons (Fsp3) is 0.688. The van der Waals surface area contributed by atoms with Gasteiger partial charge in [0.05, 0.1) is 0 Å². The van der Waals surface area contributed by atoms with Crippen LogP contribution in [0, 0.1) is 5.92 Å². The highest BCUT2D eigenvalue weighted by Crippen LogP contribution is 2.21. The average molecular weight is 499 g/mol. The Labute approximate surface area is 220 Å². The van der Waals surface area contributed by atoms with Crippen LogP contribution in [0.3, 0.4) is 0 Å². The summed E-state index contributed by atoms with van der Waals surface area (Å²) in [6, 6.07) is 7.66. The molecule has 0 aliphatic heterocycles. The van der Waals surface area contributed by atoms with Crippen molar-refractivity contribution in [2.45, 2.75) is 130 Å². The third-order valence-corrected chi connectivity index (χ3v) is 7.06. The molecule has 1 aromatic heterocycles. The Balaban J connectivity index is 1.61. The third-order valence-electron chi connectivity index (χ3n) is 7.06. The monoisotopic (exact) mass is 498 g/mol. The number of halogens is 1. The smallest absolute Gasteiger partial charge is 0.159 e. The van der Waals surface area contributed by atoms with Gasteiger partial charge in [0.2, 0.25) is 0 Å². The number of benzene rings is 1. The summed E-state index contributed by atoms with van der Waals surface area (Å²) in [6.07, 6.45) is 22.6. The van der Waals surface area contributed by atoms with Crippen LogP contribution < -0.4 is 4.74 Å². The number of rotatable bonds is 21. The number of nitrogens with zero attached hydrogens (tertiary/aromatic N) is 2. The zero-order chi connectivity index (χ0) is 25.8. The van der Waals surface area contributed by atoms with Gasteiger partial charge in [-0.2, -0.15) is 0 Å². The lowest BCUT2D eigenvalue weighted by atomic mass is 9.98. The zero-order valence-electron chi connectivity index (χ0n) is 23.3. The Hall–Kier alpha value is -1.97. The van der Waals surface area contributed by atoms with Crippen molar-refractivity contribution in [1.82, 2.24) is 9.97 Å². The molecule has 1 heterocycles. The quantitative estimate of drug-likeness (QED) is 0.161. The fourth-order valence-electron chi connectivity index (χ4n) is 4.74. The largest absolute Gasteiger partial charge is 0.491 e. The second-order valence-corrected chi connectivity index (χ2v) is 10.6. The van der Waals surface area contributed by atoms with E-state index in [1.54, 1.807) is 0 Å². The highest BCUT2D eigenvalue weighted by molar-refractivity contribution is 5.55. The first kappa shape index (κ1) is 30.3. The van der Waals surface area contributed by atoms with Gasteiger partial charge in [-0.3, -0.25) is 0 Å². The molecule has 0 fully saturated rings. The van der Waals surface area contributed by atoms with E-state index in [0.29, 0.717) is 18.1 Å². The van der Waals surface area contributed by atoms with Crippen LogP contribution >= 0.6 is 0 Å². The summed E-state index contributed by atoms with van der Waals surface area (Å²) in [5.41, 5.74) is 2.16. The summed E-state index contributed by atoms with van der Waals surface area (Å²) in [5, 5.41) is 0. The molecule has 2 rings (SSSR count). The van der Waals surface area contributed by atoms with Gasteiger partial charge in [0.1, 0.15) is 18.5 Å². The van der Waals surface area contributed by atoms with Crippen molar-refractivity contribution in [3.8, 4) is 17.1 Å². The fourth-order valence-corrected chi connectivity index (χ4v) is 4.74. The Kier molecular flexibility index (Phi) is 16.1. The summed E-state index contributed by atoms with van der Waals surface area (Å²) in [5.74, 6) is 2.10. The van der Waals surface area contributed by atoms with Gasteiger partial charge in [-0.15, -0.1) is 0 Å². The summed E-state index contributed by atoms with van der Waals surface area (Å²) in [4.78, 5) is 9.13. The second kappa shape index (κ2) is 19.2. The second-order valence-electron chi connectivity index (χ2n) is 10.6. The van der Waals surface area contributed by atoms with Gasteiger partial charge in [0, 0.05) is 18.0 Å². The first-order chi connectivity index (χ1) is 17.6. The van der Waals surface area contributed by atoms with Crippen LogP contribution in [0.2, 0.25) is 0 Å². The predicted octanol–water partition coefficient (Wildman–Crippen LogP) is 9.93. The predicted molar refractivity (Wildman–Crippen MR) is 151 cm³/mol. The maximum Gasteiger partial charge on any atom is 0.159 e. The van der Waals surface area contributed by atoms with Crippen molar-refractivity contribution in [2.24, 2.45) is 5.92 Å². The van der Waals surface area contributed by atoms with E-state index < -0.39 is 6.17 Å². The lowest BCUT2D eigenvalue weighted by molar-refractivity contribution is 0.182. The molecule has 0 amide bonds. The number of ether oxygens (including phenoxy) is 1. The molecule has 0 aliphatic rings. The number of alkyl halides is 1. The highest BCUT2D eigenvalue weighted by Gasteiger charge is 2.10. The minimum Gasteiger partial charge on any atom is -0.491 e. The van der Waals surface area contributed by atoms with E-state index in [1.165, 1.54) is 82.6 Å². The van der Waals surface area contributed by atoms with Crippen LogP contribution in [-0.4, -0.2) is 22.7 Å². The van der Waals surface area contributed by atoms with Gasteiger partial charge in [-0.05, 0) is 55.0 Å². The van der Waals surface area contributed by atoms with Crippen molar-refractivity contribution >= 4 is 0 Å². The van der Waals surface area contributed by atoms with E-state index in [-0.39, 0.29) is 6.61 Å². The van der Waals surface area contributed by atoms with E-state index in [4.69, 9.17) is 4.74 Å². The summed E-state index contributed by atoms with van der Waals surface area (Å²) < 4.78 is 19.8. The van der Waals surface area contributed by atoms with E-state index in [9.17, 15) is 4.39 Å². The van der Waals surface area contributed by atoms with Crippen LogP contribution in [0.25, 0.3) is 11.4 Å². The summed E-state index contributed by atoms with van der Waals surface area (Å²) in [6.45, 7) is 6.85. The molecule has 0 bridgehead atoms. The Bertz CT molecular complexity index is 778. The molecule has 4 heteroatoms. The van der Waals surface area contributed by atoms with Gasteiger partial charge in [-0.1, -0.05) is 104 Å². The Morgan fingerprint density at radius 1 is 0.722 bits per heavy atom. The van der Waals surface area contributed by atoms with E-state index in [2.05, 4.69) is 30.7 Å². The minimum atomic E-state index is -0.912. The molecule has 0 saturated carbocycles. The summed E-state index contributed by atoms with van der Waals surface area (Å²) >= 11 is 0. The van der Waals surface area contributed by atoms with Gasteiger partial charge < -0.3 is 4.74 Å². The van der Waals surface area contributed by atoms with Crippen LogP contribution in [0.15, 0.2) is 36.7 Å². The molecular weight excluding hydrogens is 447 g/mol. The maximum absolute atomic E-state index is 14.2. The molecule has 2 unspecified atom stereocenters. The number of aromatic nitrogens is 2. The van der Waals surface area contributed by atoms with Crippen molar-refractivity contribution in [1.29, 1.82) is 0 Å². The molecule has 2 atom stereocenters. The van der Waals surface area contributed by atoms with Gasteiger partial charge >= 0.3 is 0 Å². The van der Waals surface area contributed by atoms with Gasteiger partial charge in [0.15, 0.2) is 5.82 Å². The molecule has 0 N–H and O–H groups in total. The van der Waals surface area contributed by atoms with E-state index in [0.717, 1.165) is 30.7 Å². The SMILES string of the molecule is CCCCCCCCCCCCc1cnc(-c2ccc(OCC(F)CCCC(C)CCC)cc2)nc1. The lowest BCUT2D eigenvalue weighted by Crippen LogP contribution is -2.13. The topological polar surface area (TPSA) is 35.0 Å². The van der Waals surface area contributed by atoms with Crippen LogP contribution in [0.1, 0.15) is 123 Å². The van der Waals surface area contributed by atoms with E-state index >= 15 is 0 Å². The molecule has 36 heavy (non-hydrogen) atoms. The number of aryl methyl sites for hydroxylation is 1. The maximum atomic E-state index is 14.2. The standard InChI is InChI=1S/C32H51FN2O/c1-4-6-7-8-9-10-11-12-13-14-18-28-24-34-32(35-25-28)29-20-22-31(23-21-29)36-26-30(33)19-15-17-27(3)16-5-2/h20-25,27,30H,4-19,26H2,1-3H3. The van der Waals surface area contributed by atoms with Crippen LogP contribution in [0.5, 0.6) is 5.75 Å². The molecule has 1 aromatic carbocycles. The summed E-state index contributed by atoms with van der Waals surface area (Å²) in [7, 11) is 0. The number of hydrogen-bond donors (Lipinski definition) is 0. The molecule has 2 aromatic rings. The first-order valence-corrected chi connectivity index (χ1v) is 14.8. The zero-order valence-corrected chi connectivity index (χ0v) is 23.3. The normalized spacial score (nSPS) is 13.0. The molecule has 0 spiro atoms. The van der Waals surface area contributed by atoms with E-state index in [1.807, 2.05) is 36.7 Å². The van der Waals surface area contributed by atoms with Gasteiger partial charge in [0.25, 0.3) is 0 Å². The van der Waals surface area contributed by atoms with Crippen molar-refractivity contribution in [3.63, 3.8) is 0 Å². The molecule has 0 saturated heterocycles. The van der Waals surface area contributed by atoms with Crippen molar-refractivity contribution in [3.05, 3.63) is 42.2 Å². The van der Waals surface area contributed by atoms with Crippen LogP contribution in [-0.2, 0) is 6.42 Å². The number of hydrogen-bond acceptors (Lipinski definition) is 3. The van der Waals surface area contributed by atoms with Crippen LogP contribution in [0.4, 0.5) is 4.39 Å². The number of unbranched alkanes of at least 4 members (excludes halogenated alkanes) is 9. The first-order valence-electron chi connectivity index (χ1n) is 14.8. The minimum absolute atomic E-state index is 0.117. The third kappa shape index (κ3) is 13.4. The lowest BCUT2D eigenvalue weighted by Gasteiger charge is -2.13. The average Bonchev–Trinajstić information content (AvgIpc) is 2.89. The molecule has 202 valence electrons. The van der Waals surface area contributed by atoms with Crippen molar-refractivity contribution in [2.75, 3.05) is 6.61 Å². The highest BCUT2D eigenvalue weighted by atomic mass is 19.1. The molecule has 0 radical (unpaired) electrons. The molecule has 3 nitrogen and oxygen atoms in total. The Morgan fingerprint density at radius 2 is 1.33 bits per heavy atom. The Morgan fingerprint density at radius 3 is 1.94 bits per heavy atom.